The molecule has 32 heavy (non-hydrogen) atoms. The van der Waals surface area contributed by atoms with Crippen LogP contribution in [-0.4, -0.2) is 59.0 Å². The number of carbonyl (C=O) groups is 1. The number of hydrogen-bond acceptors (Lipinski definition) is 5. The number of halogens is 2. The van der Waals surface area contributed by atoms with Gasteiger partial charge in [-0.1, -0.05) is 24.3 Å². The number of fused-ring (bicyclic) bond motifs is 1. The number of benzene rings is 2. The maximum Gasteiger partial charge on any atom is 0.275 e. The topological polar surface area (TPSA) is 65.4 Å². The number of aliphatic hydroxyl groups excluding tert-OH is 1. The number of nitrogens with zero attached hydrogens (tertiary/aromatic N) is 3. The van der Waals surface area contributed by atoms with Crippen molar-refractivity contribution in [2.45, 2.75) is 31.8 Å². The van der Waals surface area contributed by atoms with E-state index in [0.29, 0.717) is 11.1 Å². The van der Waals surface area contributed by atoms with Gasteiger partial charge in [0, 0.05) is 18.5 Å². The minimum atomic E-state index is -0.531. The normalized spacial score (nSPS) is 20.4. The van der Waals surface area contributed by atoms with Crippen molar-refractivity contribution in [1.82, 2.24) is 9.91 Å². The molecule has 6 nitrogen and oxygen atoms in total. The molecule has 0 aromatic heterocycles. The maximum atomic E-state index is 14.2. The number of aliphatic hydroxyl groups is 1. The largest absolute Gasteiger partial charge is 0.507 e. The van der Waals surface area contributed by atoms with Gasteiger partial charge in [0.1, 0.15) is 24.0 Å². The summed E-state index contributed by atoms with van der Waals surface area (Å²) in [5.41, 5.74) is 1.25. The van der Waals surface area contributed by atoms with Gasteiger partial charge in [-0.2, -0.15) is 5.10 Å². The van der Waals surface area contributed by atoms with Crippen LogP contribution in [0, 0.1) is 11.6 Å². The summed E-state index contributed by atoms with van der Waals surface area (Å²) in [6.45, 7) is 4.04. The zero-order valence-corrected chi connectivity index (χ0v) is 17.9. The molecule has 1 fully saturated rings. The molecule has 2 aliphatic heterocycles. The van der Waals surface area contributed by atoms with E-state index >= 15 is 0 Å². The molecule has 1 amide bonds. The summed E-state index contributed by atoms with van der Waals surface area (Å²) in [5, 5.41) is 16.6. The third-order valence-electron chi connectivity index (χ3n) is 5.72. The van der Waals surface area contributed by atoms with Crippen molar-refractivity contribution < 1.29 is 23.4 Å². The number of hydrogen-bond donors (Lipinski definition) is 1. The molecule has 1 atom stereocenters. The smallest absolute Gasteiger partial charge is 0.275 e. The van der Waals surface area contributed by atoms with Crippen LogP contribution in [0.2, 0.25) is 0 Å². The van der Waals surface area contributed by atoms with Crippen molar-refractivity contribution in [3.8, 4) is 0 Å². The van der Waals surface area contributed by atoms with Crippen molar-refractivity contribution in [2.24, 2.45) is 5.10 Å². The molecule has 2 aromatic rings. The molecule has 0 unspecified atom stereocenters. The summed E-state index contributed by atoms with van der Waals surface area (Å²) in [4.78, 5) is 14.9. The summed E-state index contributed by atoms with van der Waals surface area (Å²) in [6.07, 6.45) is 1.52. The highest BCUT2D eigenvalue weighted by atomic mass is 19.1. The molecule has 2 heterocycles. The first-order valence-electron chi connectivity index (χ1n) is 10.5. The maximum absolute atomic E-state index is 14.2. The molecule has 8 heteroatoms. The Morgan fingerprint density at radius 1 is 1.09 bits per heavy atom. The van der Waals surface area contributed by atoms with Gasteiger partial charge in [0.15, 0.2) is 5.70 Å². The van der Waals surface area contributed by atoms with Crippen molar-refractivity contribution in [1.29, 1.82) is 0 Å². The fourth-order valence-electron chi connectivity index (χ4n) is 4.29. The Kier molecular flexibility index (Phi) is 6.23. The Morgan fingerprint density at radius 3 is 2.28 bits per heavy atom. The molecule has 0 bridgehead atoms. The average Bonchev–Trinajstić information content (AvgIpc) is 2.73. The van der Waals surface area contributed by atoms with Crippen LogP contribution in [0.1, 0.15) is 30.9 Å². The van der Waals surface area contributed by atoms with E-state index in [9.17, 15) is 18.7 Å². The molecule has 168 valence electrons. The zero-order chi connectivity index (χ0) is 22.8. The van der Waals surface area contributed by atoms with Crippen LogP contribution in [0.4, 0.5) is 8.78 Å². The lowest BCUT2D eigenvalue weighted by Gasteiger charge is -2.46. The molecule has 1 saturated heterocycles. The van der Waals surface area contributed by atoms with Crippen LogP contribution in [-0.2, 0) is 9.53 Å². The molecule has 0 spiro atoms. The monoisotopic (exact) mass is 441 g/mol. The Balaban J connectivity index is 1.92. The van der Waals surface area contributed by atoms with Crippen molar-refractivity contribution in [3.63, 3.8) is 0 Å². The number of amides is 1. The second-order valence-electron chi connectivity index (χ2n) is 8.16. The first-order valence-corrected chi connectivity index (χ1v) is 10.5. The summed E-state index contributed by atoms with van der Waals surface area (Å²) in [5.74, 6) is -1.96. The quantitative estimate of drug-likeness (QED) is 0.784. The summed E-state index contributed by atoms with van der Waals surface area (Å²) < 4.78 is 33.8. The lowest BCUT2D eigenvalue weighted by atomic mass is 9.83. The molecule has 0 saturated carbocycles. The second-order valence-corrected chi connectivity index (χ2v) is 8.16. The SMILES string of the molecule is CC(C)N1C[C@@H](C(c2cccc(F)c2)c2cccc(F)c2)N2/N=C\COCC(O)=C2C1=O. The Hall–Kier alpha value is -3.26. The number of carbonyl (C=O) groups excluding carboxylic acids is 1. The minimum Gasteiger partial charge on any atom is -0.507 e. The average molecular weight is 441 g/mol. The van der Waals surface area contributed by atoms with E-state index < -0.39 is 23.6 Å². The van der Waals surface area contributed by atoms with Crippen LogP contribution in [0.15, 0.2) is 65.1 Å². The number of ether oxygens (including phenoxy) is 1. The van der Waals surface area contributed by atoms with Gasteiger partial charge in [-0.15, -0.1) is 0 Å². The van der Waals surface area contributed by atoms with Gasteiger partial charge in [0.2, 0.25) is 0 Å². The van der Waals surface area contributed by atoms with Crippen molar-refractivity contribution in [2.75, 3.05) is 19.8 Å². The van der Waals surface area contributed by atoms with Crippen molar-refractivity contribution >= 4 is 12.1 Å². The highest BCUT2D eigenvalue weighted by molar-refractivity contribution is 5.94. The second kappa shape index (κ2) is 9.08. The molecule has 2 aliphatic rings. The van der Waals surface area contributed by atoms with Gasteiger partial charge in [-0.25, -0.2) is 8.78 Å². The van der Waals surface area contributed by atoms with Crippen LogP contribution >= 0.6 is 0 Å². The van der Waals surface area contributed by atoms with Crippen molar-refractivity contribution in [3.05, 3.63) is 82.7 Å². The predicted octanol–water partition coefficient (Wildman–Crippen LogP) is 3.80. The Bertz CT molecular complexity index is 1020. The predicted molar refractivity (Wildman–Crippen MR) is 116 cm³/mol. The number of hydrazone groups is 1. The first-order chi connectivity index (χ1) is 15.4. The number of rotatable bonds is 4. The van der Waals surface area contributed by atoms with Gasteiger partial charge in [-0.3, -0.25) is 9.80 Å². The Morgan fingerprint density at radius 2 is 1.72 bits per heavy atom. The molecular formula is C24H25F2N3O3. The van der Waals surface area contributed by atoms with Gasteiger partial charge in [0.25, 0.3) is 5.91 Å². The van der Waals surface area contributed by atoms with E-state index in [0.717, 1.165) is 0 Å². The van der Waals surface area contributed by atoms with Crippen LogP contribution in [0.5, 0.6) is 0 Å². The summed E-state index contributed by atoms with van der Waals surface area (Å²) in [7, 11) is 0. The van der Waals surface area contributed by atoms with Crippen LogP contribution in [0.3, 0.4) is 0 Å². The highest BCUT2D eigenvalue weighted by Crippen LogP contribution is 2.38. The molecule has 0 aliphatic carbocycles. The molecular weight excluding hydrogens is 416 g/mol. The van der Waals surface area contributed by atoms with Crippen LogP contribution < -0.4 is 0 Å². The fourth-order valence-corrected chi connectivity index (χ4v) is 4.29. The Labute approximate surface area is 185 Å². The van der Waals surface area contributed by atoms with E-state index in [2.05, 4.69) is 5.10 Å². The summed E-state index contributed by atoms with van der Waals surface area (Å²) >= 11 is 0. The third-order valence-corrected chi connectivity index (χ3v) is 5.72. The minimum absolute atomic E-state index is 0.0173. The van der Waals surface area contributed by atoms with E-state index in [1.807, 2.05) is 13.8 Å². The fraction of sp³-hybridized carbons (Fsp3) is 0.333. The van der Waals surface area contributed by atoms with Gasteiger partial charge >= 0.3 is 0 Å². The van der Waals surface area contributed by atoms with Gasteiger partial charge in [-0.05, 0) is 49.2 Å². The van der Waals surface area contributed by atoms with Gasteiger partial charge < -0.3 is 14.7 Å². The standard InChI is InChI=1S/C24H25F2N3O3/c1-15(2)28-13-20(29-23(24(28)31)21(30)14-32-10-9-27-29)22(16-5-3-7-18(25)11-16)17-6-4-8-19(26)12-17/h3-9,11-12,15,20,22,30H,10,13-14H2,1-2H3/b23-21?,27-9-/t20-/m0/s1. The third kappa shape index (κ3) is 4.23. The van der Waals surface area contributed by atoms with E-state index in [1.54, 1.807) is 29.2 Å². The van der Waals surface area contributed by atoms with Crippen LogP contribution in [0.25, 0.3) is 0 Å². The molecule has 2 aromatic carbocycles. The zero-order valence-electron chi connectivity index (χ0n) is 17.9. The first kappa shape index (κ1) is 22.0. The molecule has 1 N–H and O–H groups in total. The molecule has 0 radical (unpaired) electrons. The van der Waals surface area contributed by atoms with E-state index in [1.165, 1.54) is 35.5 Å². The lowest BCUT2D eigenvalue weighted by Crippen LogP contribution is -2.57. The molecule has 4 rings (SSSR count). The number of piperazine rings is 1. The highest BCUT2D eigenvalue weighted by Gasteiger charge is 2.44. The van der Waals surface area contributed by atoms with Gasteiger partial charge in [0.05, 0.1) is 18.9 Å². The summed E-state index contributed by atoms with van der Waals surface area (Å²) in [6, 6.07) is 11.6. The lowest BCUT2D eigenvalue weighted by molar-refractivity contribution is -0.136. The van der Waals surface area contributed by atoms with E-state index in [4.69, 9.17) is 4.74 Å². The van der Waals surface area contributed by atoms with E-state index in [-0.39, 0.29) is 43.2 Å².